The minimum absolute atomic E-state index is 0.152. The molecule has 0 amide bonds. The topological polar surface area (TPSA) is 102 Å². The Bertz CT molecular complexity index is 1050. The molecular weight excluding hydrogens is 458 g/mol. The van der Waals surface area contributed by atoms with Gasteiger partial charge < -0.3 is 24.6 Å². The molecule has 3 unspecified atom stereocenters. The van der Waals surface area contributed by atoms with Gasteiger partial charge in [-0.05, 0) is 68.1 Å². The zero-order valence-corrected chi connectivity index (χ0v) is 23.3. The quantitative estimate of drug-likeness (QED) is 0.356. The van der Waals surface area contributed by atoms with E-state index in [1.165, 1.54) is 0 Å². The minimum atomic E-state index is -1.72. The molecule has 0 spiro atoms. The van der Waals surface area contributed by atoms with E-state index < -0.39 is 14.3 Å². The van der Waals surface area contributed by atoms with E-state index in [0.717, 1.165) is 61.7 Å². The van der Waals surface area contributed by atoms with Crippen LogP contribution in [0.15, 0.2) is 16.5 Å². The highest BCUT2D eigenvalue weighted by atomic mass is 28.4. The summed E-state index contributed by atoms with van der Waals surface area (Å²) in [6.45, 7) is 16.4. The van der Waals surface area contributed by atoms with E-state index in [9.17, 15) is 9.90 Å². The molecule has 0 bridgehead atoms. The number of carboxylic acid groups (broad SMARTS) is 1. The maximum atomic E-state index is 11.4. The second kappa shape index (κ2) is 9.77. The number of nitrogen functional groups attached to an aromatic ring is 1. The molecule has 2 aromatic rings. The molecule has 1 saturated heterocycles. The van der Waals surface area contributed by atoms with Crippen LogP contribution in [-0.2, 0) is 9.22 Å². The molecule has 1 aromatic heterocycles. The van der Waals surface area contributed by atoms with Crippen LogP contribution in [0.5, 0.6) is 0 Å². The fourth-order valence-electron chi connectivity index (χ4n) is 5.30. The van der Waals surface area contributed by atoms with Crippen LogP contribution in [-0.4, -0.2) is 44.1 Å². The first kappa shape index (κ1) is 26.0. The van der Waals surface area contributed by atoms with Crippen LogP contribution in [0.3, 0.4) is 0 Å². The van der Waals surface area contributed by atoms with E-state index in [1.807, 2.05) is 6.07 Å². The summed E-state index contributed by atoms with van der Waals surface area (Å²) < 4.78 is 12.6. The average Bonchev–Trinajstić information content (AvgIpc) is 3.19. The predicted molar refractivity (Wildman–Crippen MR) is 143 cm³/mol. The number of hydrogen-bond donors (Lipinski definition) is 2. The van der Waals surface area contributed by atoms with Crippen LogP contribution in [0.25, 0.3) is 11.1 Å². The lowest BCUT2D eigenvalue weighted by atomic mass is 9.75. The van der Waals surface area contributed by atoms with Crippen LogP contribution in [0.4, 0.5) is 11.4 Å². The van der Waals surface area contributed by atoms with Crippen molar-refractivity contribution in [1.29, 1.82) is 0 Å². The van der Waals surface area contributed by atoms with Crippen molar-refractivity contribution in [2.24, 2.45) is 17.8 Å². The summed E-state index contributed by atoms with van der Waals surface area (Å²) in [5.41, 5.74) is 9.77. The van der Waals surface area contributed by atoms with Gasteiger partial charge in [0.2, 0.25) is 0 Å². The number of aliphatic carboxylic acids is 1. The molecule has 1 saturated carbocycles. The molecule has 2 fully saturated rings. The number of nitrogens with zero attached hydrogens (tertiary/aromatic N) is 2. The van der Waals surface area contributed by atoms with Gasteiger partial charge in [0.05, 0.1) is 17.3 Å². The Hall–Kier alpha value is -2.06. The fraction of sp³-hybridized carbons (Fsp3) is 0.704. The van der Waals surface area contributed by atoms with Crippen molar-refractivity contribution in [2.45, 2.75) is 83.8 Å². The van der Waals surface area contributed by atoms with Crippen LogP contribution < -0.4 is 10.6 Å². The van der Waals surface area contributed by atoms with E-state index in [2.05, 4.69) is 51.8 Å². The van der Waals surface area contributed by atoms with Crippen molar-refractivity contribution in [1.82, 2.24) is 4.98 Å². The molecule has 0 radical (unpaired) electrons. The Balaban J connectivity index is 1.41. The number of carboxylic acids is 1. The summed E-state index contributed by atoms with van der Waals surface area (Å²) in [5.74, 6) is 0.728. The van der Waals surface area contributed by atoms with Gasteiger partial charge in [0, 0.05) is 31.7 Å². The van der Waals surface area contributed by atoms with Crippen molar-refractivity contribution in [3.8, 4) is 0 Å². The van der Waals surface area contributed by atoms with Crippen LogP contribution in [0.2, 0.25) is 18.1 Å². The average molecular weight is 502 g/mol. The lowest BCUT2D eigenvalue weighted by molar-refractivity contribution is -0.143. The SMILES string of the molecule is CC1CC(C(=O)O)CCC1c1nc2cc(N3CCC(CO[Si](C)(C)C(C)(C)C)CC3)c(N)cc2o1. The number of piperidine rings is 1. The molecular formula is C27H43N3O4Si. The van der Waals surface area contributed by atoms with Crippen molar-refractivity contribution in [3.63, 3.8) is 0 Å². The molecule has 3 atom stereocenters. The maximum absolute atomic E-state index is 11.4. The number of rotatable bonds is 6. The van der Waals surface area contributed by atoms with Crippen LogP contribution >= 0.6 is 0 Å². The Morgan fingerprint density at radius 1 is 1.23 bits per heavy atom. The van der Waals surface area contributed by atoms with Gasteiger partial charge >= 0.3 is 5.97 Å². The molecule has 1 aliphatic carbocycles. The summed E-state index contributed by atoms with van der Waals surface area (Å²) in [6, 6.07) is 3.97. The molecule has 8 heteroatoms. The molecule has 7 nitrogen and oxygen atoms in total. The lowest BCUT2D eigenvalue weighted by Crippen LogP contribution is -2.43. The molecule has 1 aliphatic heterocycles. The van der Waals surface area contributed by atoms with Gasteiger partial charge in [0.1, 0.15) is 5.52 Å². The Morgan fingerprint density at radius 3 is 2.51 bits per heavy atom. The number of carbonyl (C=O) groups is 1. The van der Waals surface area contributed by atoms with E-state index >= 15 is 0 Å². The number of aromatic nitrogens is 1. The summed E-state index contributed by atoms with van der Waals surface area (Å²) >= 11 is 0. The number of fused-ring (bicyclic) bond motifs is 1. The highest BCUT2D eigenvalue weighted by molar-refractivity contribution is 6.74. The number of nitrogens with two attached hydrogens (primary N) is 1. The van der Waals surface area contributed by atoms with Gasteiger partial charge in [-0.1, -0.05) is 27.7 Å². The zero-order chi connectivity index (χ0) is 25.5. The molecule has 35 heavy (non-hydrogen) atoms. The Labute approximate surface area is 210 Å². The first-order valence-electron chi connectivity index (χ1n) is 13.2. The first-order chi connectivity index (χ1) is 16.4. The van der Waals surface area contributed by atoms with Crippen molar-refractivity contribution in [2.75, 3.05) is 30.3 Å². The number of hydrogen-bond acceptors (Lipinski definition) is 6. The first-order valence-corrected chi connectivity index (χ1v) is 16.1. The van der Waals surface area contributed by atoms with Crippen LogP contribution in [0, 0.1) is 17.8 Å². The number of oxazole rings is 1. The van der Waals surface area contributed by atoms with Crippen molar-refractivity contribution >= 4 is 36.8 Å². The molecule has 2 heterocycles. The van der Waals surface area contributed by atoms with Gasteiger partial charge in [0.15, 0.2) is 19.8 Å². The van der Waals surface area contributed by atoms with Gasteiger partial charge in [-0.2, -0.15) is 0 Å². The third-order valence-electron chi connectivity index (χ3n) is 8.83. The smallest absolute Gasteiger partial charge is 0.306 e. The predicted octanol–water partition coefficient (Wildman–Crippen LogP) is 6.25. The third kappa shape index (κ3) is 5.53. The molecule has 4 rings (SSSR count). The highest BCUT2D eigenvalue weighted by Gasteiger charge is 2.38. The number of anilines is 2. The van der Waals surface area contributed by atoms with E-state index in [0.29, 0.717) is 24.3 Å². The summed E-state index contributed by atoms with van der Waals surface area (Å²) in [5, 5.41) is 9.60. The lowest BCUT2D eigenvalue weighted by Gasteiger charge is -2.39. The summed E-state index contributed by atoms with van der Waals surface area (Å²) in [4.78, 5) is 18.6. The molecule has 2 aliphatic rings. The second-order valence-electron chi connectivity index (χ2n) is 12.4. The Morgan fingerprint density at radius 2 is 1.91 bits per heavy atom. The molecule has 194 valence electrons. The van der Waals surface area contributed by atoms with Crippen molar-refractivity contribution < 1.29 is 18.7 Å². The highest BCUT2D eigenvalue weighted by Crippen LogP contribution is 2.42. The summed E-state index contributed by atoms with van der Waals surface area (Å²) in [6.07, 6.45) is 4.32. The van der Waals surface area contributed by atoms with Gasteiger partial charge in [-0.25, -0.2) is 4.98 Å². The van der Waals surface area contributed by atoms with Gasteiger partial charge in [-0.3, -0.25) is 4.79 Å². The second-order valence-corrected chi connectivity index (χ2v) is 17.2. The van der Waals surface area contributed by atoms with E-state index in [4.69, 9.17) is 19.6 Å². The maximum Gasteiger partial charge on any atom is 0.306 e. The molecule has 3 N–H and O–H groups in total. The van der Waals surface area contributed by atoms with E-state index in [-0.39, 0.29) is 22.8 Å². The van der Waals surface area contributed by atoms with Crippen molar-refractivity contribution in [3.05, 3.63) is 18.0 Å². The minimum Gasteiger partial charge on any atom is -0.481 e. The van der Waals surface area contributed by atoms with Gasteiger partial charge in [0.25, 0.3) is 0 Å². The normalized spacial score (nSPS) is 24.7. The van der Waals surface area contributed by atoms with Crippen LogP contribution in [0.1, 0.15) is 71.6 Å². The molecule has 1 aromatic carbocycles. The monoisotopic (exact) mass is 501 g/mol. The summed E-state index contributed by atoms with van der Waals surface area (Å²) in [7, 11) is -1.72. The number of benzene rings is 1. The largest absolute Gasteiger partial charge is 0.481 e. The third-order valence-corrected chi connectivity index (χ3v) is 13.3. The Kier molecular flexibility index (Phi) is 7.26. The fourth-order valence-corrected chi connectivity index (χ4v) is 6.38. The van der Waals surface area contributed by atoms with Gasteiger partial charge in [-0.15, -0.1) is 0 Å². The standard InChI is InChI=1S/C27H43N3O4Si/c1-17-13-19(26(31)32)7-8-20(17)25-29-22-15-23(21(28)14-24(22)34-25)30-11-9-18(10-12-30)16-33-35(5,6)27(2,3)4/h14-15,17-20H,7-13,16,28H2,1-6H3,(H,31,32). The zero-order valence-electron chi connectivity index (χ0n) is 22.3. The van der Waals surface area contributed by atoms with E-state index in [1.54, 1.807) is 0 Å².